The molecule has 13 heteroatoms. The second-order valence-corrected chi connectivity index (χ2v) is 9.30. The summed E-state index contributed by atoms with van der Waals surface area (Å²) in [6.07, 6.45) is -3.73. The number of rotatable bonds is 8. The van der Waals surface area contributed by atoms with Crippen LogP contribution in [0.1, 0.15) is 43.4 Å². The zero-order valence-corrected chi connectivity index (χ0v) is 19.5. The van der Waals surface area contributed by atoms with Gasteiger partial charge in [-0.25, -0.2) is 8.78 Å². The minimum Gasteiger partial charge on any atom is -0.618 e. The van der Waals surface area contributed by atoms with E-state index >= 15 is 0 Å². The van der Waals surface area contributed by atoms with E-state index in [9.17, 15) is 32.0 Å². The normalized spacial score (nSPS) is 21.1. The van der Waals surface area contributed by atoms with E-state index in [0.717, 1.165) is 31.2 Å². The number of amides is 1. The van der Waals surface area contributed by atoms with Gasteiger partial charge in [0.25, 0.3) is 5.92 Å². The number of piperidine rings is 1. The Kier molecular flexibility index (Phi) is 7.30. The summed E-state index contributed by atoms with van der Waals surface area (Å²) < 4.78 is 73.5. The lowest BCUT2D eigenvalue weighted by Gasteiger charge is -2.40. The summed E-state index contributed by atoms with van der Waals surface area (Å²) in [6.45, 7) is 1.73. The van der Waals surface area contributed by atoms with Gasteiger partial charge in [0.2, 0.25) is 17.5 Å². The lowest BCUT2D eigenvalue weighted by molar-refractivity contribution is -0.615. The number of aromatic nitrogens is 3. The van der Waals surface area contributed by atoms with Crippen molar-refractivity contribution in [2.45, 2.75) is 56.7 Å². The highest BCUT2D eigenvalue weighted by Gasteiger charge is 2.47. The minimum atomic E-state index is -4.66. The Morgan fingerprint density at radius 1 is 1.31 bits per heavy atom. The van der Waals surface area contributed by atoms with Crippen LogP contribution in [0.25, 0.3) is 0 Å². The second-order valence-electron chi connectivity index (χ2n) is 9.30. The van der Waals surface area contributed by atoms with Crippen LogP contribution in [-0.4, -0.2) is 58.8 Å². The fraction of sp³-hybridized carbons (Fsp3) is 0.565. The van der Waals surface area contributed by atoms with Crippen LogP contribution in [0.5, 0.6) is 5.88 Å². The van der Waals surface area contributed by atoms with E-state index in [1.54, 1.807) is 13.0 Å². The molecule has 2 atom stereocenters. The summed E-state index contributed by atoms with van der Waals surface area (Å²) in [5, 5.41) is 22.2. The number of nitrogens with one attached hydrogen (secondary N) is 1. The molecule has 2 aromatic heterocycles. The highest BCUT2D eigenvalue weighted by atomic mass is 19.4. The molecule has 4 rings (SSSR count). The van der Waals surface area contributed by atoms with Crippen LogP contribution < -0.4 is 14.8 Å². The van der Waals surface area contributed by atoms with Crippen molar-refractivity contribution in [1.29, 1.82) is 0 Å². The molecule has 1 aliphatic carbocycles. The first-order valence-electron chi connectivity index (χ1n) is 11.6. The molecule has 0 radical (unpaired) electrons. The SMILES string of the molecule is CC(C(=O)Nc1ccc(OCC2CC2)nn1)N1CCC(F)(F)C(c2cc[n+]([O-])c(CC(F)(F)F)c2)C1. The first kappa shape index (κ1) is 26.0. The molecule has 2 aliphatic rings. The molecule has 0 spiro atoms. The summed E-state index contributed by atoms with van der Waals surface area (Å²) in [4.78, 5) is 14.3. The molecule has 2 unspecified atom stereocenters. The van der Waals surface area contributed by atoms with E-state index in [1.165, 1.54) is 11.0 Å². The minimum absolute atomic E-state index is 0.0229. The van der Waals surface area contributed by atoms with Gasteiger partial charge in [-0.2, -0.15) is 17.9 Å². The van der Waals surface area contributed by atoms with Crippen LogP contribution in [0.3, 0.4) is 0 Å². The highest BCUT2D eigenvalue weighted by Crippen LogP contribution is 2.41. The van der Waals surface area contributed by atoms with E-state index in [4.69, 9.17) is 4.74 Å². The fourth-order valence-electron chi connectivity index (χ4n) is 4.08. The maximum absolute atomic E-state index is 14.8. The van der Waals surface area contributed by atoms with E-state index in [2.05, 4.69) is 15.5 Å². The molecule has 1 N–H and O–H groups in total. The number of likely N-dealkylation sites (tertiary alicyclic amines) is 1. The van der Waals surface area contributed by atoms with Crippen LogP contribution in [0.4, 0.5) is 27.8 Å². The van der Waals surface area contributed by atoms with Crippen LogP contribution >= 0.6 is 0 Å². The number of anilines is 1. The number of carbonyl (C=O) groups is 1. The Morgan fingerprint density at radius 3 is 2.69 bits per heavy atom. The lowest BCUT2D eigenvalue weighted by Crippen LogP contribution is -2.52. The van der Waals surface area contributed by atoms with Crippen LogP contribution in [0.2, 0.25) is 0 Å². The molecule has 8 nitrogen and oxygen atoms in total. The maximum Gasteiger partial charge on any atom is 0.398 e. The number of pyridine rings is 1. The second kappa shape index (κ2) is 10.1. The molecule has 36 heavy (non-hydrogen) atoms. The Bertz CT molecular complexity index is 1080. The Hall–Kier alpha value is -3.09. The van der Waals surface area contributed by atoms with Crippen LogP contribution in [-0.2, 0) is 11.2 Å². The summed E-state index contributed by atoms with van der Waals surface area (Å²) >= 11 is 0. The van der Waals surface area contributed by atoms with E-state index in [0.29, 0.717) is 18.4 Å². The van der Waals surface area contributed by atoms with Gasteiger partial charge in [0.1, 0.15) is 6.42 Å². The molecule has 0 aromatic carbocycles. The molecule has 1 amide bonds. The van der Waals surface area contributed by atoms with Crippen molar-refractivity contribution in [3.63, 3.8) is 0 Å². The zero-order valence-electron chi connectivity index (χ0n) is 19.5. The number of ether oxygens (including phenoxy) is 1. The van der Waals surface area contributed by atoms with Crippen molar-refractivity contribution in [1.82, 2.24) is 15.1 Å². The van der Waals surface area contributed by atoms with Crippen LogP contribution in [0.15, 0.2) is 30.5 Å². The number of halogens is 5. The third-order valence-corrected chi connectivity index (χ3v) is 6.44. The van der Waals surface area contributed by atoms with Crippen molar-refractivity contribution < 1.29 is 36.2 Å². The van der Waals surface area contributed by atoms with Crippen molar-refractivity contribution in [2.75, 3.05) is 25.0 Å². The van der Waals surface area contributed by atoms with Crippen LogP contribution in [0, 0.1) is 11.1 Å². The van der Waals surface area contributed by atoms with Gasteiger partial charge in [-0.3, -0.25) is 9.69 Å². The quantitative estimate of drug-likeness (QED) is 0.329. The van der Waals surface area contributed by atoms with Crippen molar-refractivity contribution >= 4 is 11.7 Å². The maximum atomic E-state index is 14.8. The molecule has 2 aromatic rings. The van der Waals surface area contributed by atoms with Gasteiger partial charge >= 0.3 is 6.18 Å². The highest BCUT2D eigenvalue weighted by molar-refractivity contribution is 5.93. The van der Waals surface area contributed by atoms with Gasteiger partial charge in [0, 0.05) is 37.7 Å². The smallest absolute Gasteiger partial charge is 0.398 e. The topological polar surface area (TPSA) is 94.3 Å². The molecule has 3 heterocycles. The average molecular weight is 515 g/mol. The van der Waals surface area contributed by atoms with Crippen molar-refractivity contribution in [3.8, 4) is 5.88 Å². The molecular formula is C23H26F5N5O3. The Labute approximate surface area is 204 Å². The standard InChI is InChI=1S/C23H26F5N5O3/c1-14(21(34)29-19-4-5-20(31-30-19)36-13-15-2-3-15)32-9-7-22(24,25)18(12-32)16-6-8-33(35)17(10-16)11-23(26,27)28/h4-6,8,10,14-15,18H,2-3,7,9,11-13H2,1H3,(H,29,30,34). The molecule has 1 aliphatic heterocycles. The number of carbonyl (C=O) groups excluding carboxylic acids is 1. The summed E-state index contributed by atoms with van der Waals surface area (Å²) in [7, 11) is 0. The molecule has 2 fully saturated rings. The molecule has 1 saturated heterocycles. The fourth-order valence-corrected chi connectivity index (χ4v) is 4.08. The van der Waals surface area contributed by atoms with E-state index < -0.39 is 48.5 Å². The third kappa shape index (κ3) is 6.56. The third-order valence-electron chi connectivity index (χ3n) is 6.44. The predicted octanol–water partition coefficient (Wildman–Crippen LogP) is 3.46. The first-order chi connectivity index (χ1) is 16.9. The molecule has 1 saturated carbocycles. The van der Waals surface area contributed by atoms with Gasteiger partial charge in [0.05, 0.1) is 18.6 Å². The predicted molar refractivity (Wildman–Crippen MR) is 117 cm³/mol. The summed E-state index contributed by atoms with van der Waals surface area (Å²) in [6, 6.07) is 4.23. The van der Waals surface area contributed by atoms with Gasteiger partial charge in [-0.15, -0.1) is 10.2 Å². The monoisotopic (exact) mass is 515 g/mol. The largest absolute Gasteiger partial charge is 0.618 e. The number of hydrogen-bond donors (Lipinski definition) is 1. The number of nitrogens with zero attached hydrogens (tertiary/aromatic N) is 4. The first-order valence-corrected chi connectivity index (χ1v) is 11.6. The van der Waals surface area contributed by atoms with Gasteiger partial charge in [-0.05, 0) is 37.3 Å². The van der Waals surface area contributed by atoms with Gasteiger partial charge in [0.15, 0.2) is 12.0 Å². The number of alkyl halides is 5. The zero-order chi connectivity index (χ0) is 26.1. The Morgan fingerprint density at radius 2 is 2.06 bits per heavy atom. The van der Waals surface area contributed by atoms with Gasteiger partial charge in [-0.1, -0.05) is 0 Å². The molecular weight excluding hydrogens is 489 g/mol. The van der Waals surface area contributed by atoms with E-state index in [-0.39, 0.29) is 29.2 Å². The Balaban J connectivity index is 1.42. The van der Waals surface area contributed by atoms with Gasteiger partial charge < -0.3 is 15.3 Å². The molecule has 0 bridgehead atoms. The number of hydrogen-bond acceptors (Lipinski definition) is 6. The van der Waals surface area contributed by atoms with Crippen molar-refractivity contribution in [2.24, 2.45) is 5.92 Å². The van der Waals surface area contributed by atoms with E-state index in [1.807, 2.05) is 0 Å². The van der Waals surface area contributed by atoms with Crippen molar-refractivity contribution in [3.05, 3.63) is 46.9 Å². The average Bonchev–Trinajstić information content (AvgIpc) is 3.63. The lowest BCUT2D eigenvalue weighted by atomic mass is 9.86. The summed E-state index contributed by atoms with van der Waals surface area (Å²) in [5.41, 5.74) is -0.752. The molecule has 196 valence electrons. The summed E-state index contributed by atoms with van der Waals surface area (Å²) in [5.74, 6) is -4.16.